The third-order valence-electron chi connectivity index (χ3n) is 2.74. The SMILES string of the molecule is O=C1OC(=O)C([n+]2ccc3ccccc3c2)=C1O. The number of cyclic esters (lactones) is 2. The predicted molar refractivity (Wildman–Crippen MR) is 61.1 cm³/mol. The molecule has 0 amide bonds. The first-order valence-electron chi connectivity index (χ1n) is 5.27. The Labute approximate surface area is 102 Å². The normalized spacial score (nSPS) is 15.3. The number of aliphatic hydroxyl groups excluding tert-OH is 1. The molecule has 1 aromatic heterocycles. The zero-order chi connectivity index (χ0) is 12.7. The molecule has 88 valence electrons. The summed E-state index contributed by atoms with van der Waals surface area (Å²) >= 11 is 0. The van der Waals surface area contributed by atoms with Crippen molar-refractivity contribution in [2.45, 2.75) is 0 Å². The van der Waals surface area contributed by atoms with Gasteiger partial charge in [0.25, 0.3) is 5.76 Å². The molecule has 2 heterocycles. The van der Waals surface area contributed by atoms with E-state index in [9.17, 15) is 14.7 Å². The molecule has 1 aliphatic rings. The summed E-state index contributed by atoms with van der Waals surface area (Å²) in [5.74, 6) is -2.53. The smallest absolute Gasteiger partial charge is 0.416 e. The van der Waals surface area contributed by atoms with Gasteiger partial charge in [-0.15, -0.1) is 0 Å². The Morgan fingerprint density at radius 2 is 1.72 bits per heavy atom. The molecule has 1 aliphatic heterocycles. The second kappa shape index (κ2) is 3.66. The number of benzene rings is 1. The van der Waals surface area contributed by atoms with Gasteiger partial charge in [-0.1, -0.05) is 18.2 Å². The van der Waals surface area contributed by atoms with E-state index in [2.05, 4.69) is 4.74 Å². The van der Waals surface area contributed by atoms with E-state index >= 15 is 0 Å². The van der Waals surface area contributed by atoms with Crippen molar-refractivity contribution in [3.8, 4) is 0 Å². The molecule has 0 aliphatic carbocycles. The third-order valence-corrected chi connectivity index (χ3v) is 2.74. The van der Waals surface area contributed by atoms with Crippen LogP contribution >= 0.6 is 0 Å². The molecular weight excluding hydrogens is 234 g/mol. The van der Waals surface area contributed by atoms with Gasteiger partial charge >= 0.3 is 17.6 Å². The van der Waals surface area contributed by atoms with Gasteiger partial charge in [-0.25, -0.2) is 9.59 Å². The Balaban J connectivity index is 2.21. The third kappa shape index (κ3) is 1.45. The zero-order valence-electron chi connectivity index (χ0n) is 9.16. The van der Waals surface area contributed by atoms with Crippen LogP contribution in [-0.2, 0) is 14.3 Å². The Hall–Kier alpha value is -2.69. The summed E-state index contributed by atoms with van der Waals surface area (Å²) in [6.45, 7) is 0. The van der Waals surface area contributed by atoms with E-state index in [-0.39, 0.29) is 5.70 Å². The van der Waals surface area contributed by atoms with Crippen LogP contribution in [0.15, 0.2) is 48.5 Å². The van der Waals surface area contributed by atoms with Crippen molar-refractivity contribution >= 4 is 28.4 Å². The fraction of sp³-hybridized carbons (Fsp3) is 0. The van der Waals surface area contributed by atoms with Gasteiger partial charge in [-0.2, -0.15) is 4.57 Å². The molecule has 5 nitrogen and oxygen atoms in total. The van der Waals surface area contributed by atoms with Crippen LogP contribution in [0.1, 0.15) is 0 Å². The van der Waals surface area contributed by atoms with Crippen LogP contribution in [0.4, 0.5) is 0 Å². The molecule has 1 N–H and O–H groups in total. The van der Waals surface area contributed by atoms with Crippen LogP contribution in [-0.4, -0.2) is 17.0 Å². The molecular formula is C13H8NO4+. The molecule has 0 atom stereocenters. The summed E-state index contributed by atoms with van der Waals surface area (Å²) in [6, 6.07) is 9.33. The predicted octanol–water partition coefficient (Wildman–Crippen LogP) is 0.937. The van der Waals surface area contributed by atoms with Gasteiger partial charge in [0.2, 0.25) is 0 Å². The van der Waals surface area contributed by atoms with Crippen molar-refractivity contribution < 1.29 is 24.0 Å². The lowest BCUT2D eigenvalue weighted by atomic mass is 10.2. The topological polar surface area (TPSA) is 67.5 Å². The van der Waals surface area contributed by atoms with Gasteiger partial charge in [0.15, 0.2) is 12.4 Å². The van der Waals surface area contributed by atoms with Gasteiger partial charge in [-0.05, 0) is 11.5 Å². The van der Waals surface area contributed by atoms with E-state index in [0.717, 1.165) is 10.8 Å². The molecule has 0 saturated carbocycles. The lowest BCUT2D eigenvalue weighted by Crippen LogP contribution is -2.35. The number of nitrogens with zero attached hydrogens (tertiary/aromatic N) is 1. The van der Waals surface area contributed by atoms with E-state index in [0.29, 0.717) is 0 Å². The van der Waals surface area contributed by atoms with Crippen molar-refractivity contribution in [1.29, 1.82) is 0 Å². The summed E-state index contributed by atoms with van der Waals surface area (Å²) in [6.07, 6.45) is 3.24. The van der Waals surface area contributed by atoms with Crippen molar-refractivity contribution in [2.24, 2.45) is 0 Å². The average molecular weight is 242 g/mol. The number of ether oxygens (including phenoxy) is 1. The van der Waals surface area contributed by atoms with Crippen molar-refractivity contribution in [3.05, 3.63) is 48.5 Å². The van der Waals surface area contributed by atoms with Crippen LogP contribution in [0.5, 0.6) is 0 Å². The number of hydrogen-bond donors (Lipinski definition) is 1. The first-order chi connectivity index (χ1) is 8.66. The zero-order valence-corrected chi connectivity index (χ0v) is 9.16. The Morgan fingerprint density at radius 1 is 1.00 bits per heavy atom. The number of esters is 2. The summed E-state index contributed by atoms with van der Waals surface area (Å²) in [5, 5.41) is 11.4. The average Bonchev–Trinajstić information content (AvgIpc) is 2.63. The minimum atomic E-state index is -1.02. The van der Waals surface area contributed by atoms with Crippen molar-refractivity contribution in [2.75, 3.05) is 0 Å². The maximum atomic E-state index is 11.4. The van der Waals surface area contributed by atoms with Crippen LogP contribution in [0.2, 0.25) is 0 Å². The molecule has 0 unspecified atom stereocenters. The highest BCUT2D eigenvalue weighted by molar-refractivity contribution is 6.22. The van der Waals surface area contributed by atoms with Gasteiger partial charge in [0.1, 0.15) is 0 Å². The maximum absolute atomic E-state index is 11.4. The Bertz CT molecular complexity index is 718. The number of carbonyl (C=O) groups is 2. The number of pyridine rings is 1. The highest BCUT2D eigenvalue weighted by atomic mass is 16.6. The van der Waals surface area contributed by atoms with E-state index in [1.807, 2.05) is 24.3 Å². The summed E-state index contributed by atoms with van der Waals surface area (Å²) in [4.78, 5) is 22.5. The highest BCUT2D eigenvalue weighted by Crippen LogP contribution is 2.16. The first-order valence-corrected chi connectivity index (χ1v) is 5.27. The molecule has 3 rings (SSSR count). The number of carbonyl (C=O) groups excluding carboxylic acids is 2. The Morgan fingerprint density at radius 3 is 2.39 bits per heavy atom. The fourth-order valence-corrected chi connectivity index (χ4v) is 1.87. The number of aromatic nitrogens is 1. The molecule has 0 saturated heterocycles. The van der Waals surface area contributed by atoms with Crippen LogP contribution < -0.4 is 4.57 Å². The van der Waals surface area contributed by atoms with Crippen LogP contribution in [0.3, 0.4) is 0 Å². The fourth-order valence-electron chi connectivity index (χ4n) is 1.87. The molecule has 2 aromatic rings. The number of fused-ring (bicyclic) bond motifs is 1. The number of aliphatic hydroxyl groups is 1. The lowest BCUT2D eigenvalue weighted by molar-refractivity contribution is -0.577. The lowest BCUT2D eigenvalue weighted by Gasteiger charge is -1.96. The minimum absolute atomic E-state index is 0.161. The van der Waals surface area contributed by atoms with Gasteiger partial charge in [0.05, 0.1) is 0 Å². The maximum Gasteiger partial charge on any atom is 0.416 e. The van der Waals surface area contributed by atoms with E-state index < -0.39 is 17.7 Å². The summed E-state index contributed by atoms with van der Waals surface area (Å²) in [7, 11) is 0. The van der Waals surface area contributed by atoms with Crippen molar-refractivity contribution in [1.82, 2.24) is 0 Å². The Kier molecular flexibility index (Phi) is 2.13. The summed E-state index contributed by atoms with van der Waals surface area (Å²) in [5.41, 5.74) is -0.161. The summed E-state index contributed by atoms with van der Waals surface area (Å²) < 4.78 is 5.71. The molecule has 0 radical (unpaired) electrons. The number of hydrogen-bond acceptors (Lipinski definition) is 4. The van der Waals surface area contributed by atoms with E-state index in [1.165, 1.54) is 4.57 Å². The van der Waals surface area contributed by atoms with Gasteiger partial charge in [0, 0.05) is 11.5 Å². The van der Waals surface area contributed by atoms with E-state index in [1.54, 1.807) is 18.5 Å². The highest BCUT2D eigenvalue weighted by Gasteiger charge is 2.41. The van der Waals surface area contributed by atoms with Crippen molar-refractivity contribution in [3.63, 3.8) is 0 Å². The molecule has 0 spiro atoms. The molecule has 1 aromatic carbocycles. The molecule has 0 fully saturated rings. The van der Waals surface area contributed by atoms with E-state index in [4.69, 9.17) is 0 Å². The van der Waals surface area contributed by atoms with Gasteiger partial charge < -0.3 is 9.84 Å². The monoisotopic (exact) mass is 242 g/mol. The van der Waals surface area contributed by atoms with Gasteiger partial charge in [-0.3, -0.25) is 0 Å². The number of rotatable bonds is 1. The minimum Gasteiger partial charge on any atom is -0.497 e. The largest absolute Gasteiger partial charge is 0.497 e. The standard InChI is InChI=1S/C13H7NO4/c15-11-10(12(16)18-13(11)17)14-6-5-8-3-1-2-4-9(8)7-14/h1-7H/p+1. The first kappa shape index (κ1) is 10.5. The van der Waals surface area contributed by atoms with Crippen LogP contribution in [0, 0.1) is 0 Å². The molecule has 5 heteroatoms. The molecule has 0 bridgehead atoms. The second-order valence-electron chi connectivity index (χ2n) is 3.86. The second-order valence-corrected chi connectivity index (χ2v) is 3.86. The van der Waals surface area contributed by atoms with Crippen LogP contribution in [0.25, 0.3) is 16.5 Å². The molecule has 18 heavy (non-hydrogen) atoms. The quantitative estimate of drug-likeness (QED) is 0.459.